The van der Waals surface area contributed by atoms with Gasteiger partial charge < -0.3 is 21.4 Å². The summed E-state index contributed by atoms with van der Waals surface area (Å²) in [6.07, 6.45) is 1.07. The minimum absolute atomic E-state index is 0.222. The molecule has 1 aliphatic rings. The van der Waals surface area contributed by atoms with Crippen molar-refractivity contribution in [2.24, 2.45) is 16.5 Å². The highest BCUT2D eigenvalue weighted by Gasteiger charge is 2.22. The summed E-state index contributed by atoms with van der Waals surface area (Å²) in [6, 6.07) is 14.4. The van der Waals surface area contributed by atoms with Gasteiger partial charge in [-0.3, -0.25) is 4.79 Å². The summed E-state index contributed by atoms with van der Waals surface area (Å²) < 4.78 is 2.33. The van der Waals surface area contributed by atoms with E-state index < -0.39 is 5.91 Å². The minimum atomic E-state index is -0.418. The molecule has 1 saturated heterocycles. The predicted molar refractivity (Wildman–Crippen MR) is 96.1 cm³/mol. The molecule has 0 radical (unpaired) electrons. The van der Waals surface area contributed by atoms with Gasteiger partial charge in [-0.2, -0.15) is 4.99 Å². The highest BCUT2D eigenvalue weighted by atomic mass is 16.1. The number of aromatic nitrogens is 1. The van der Waals surface area contributed by atoms with Gasteiger partial charge in [-0.05, 0) is 31.2 Å². The highest BCUT2D eigenvalue weighted by molar-refractivity contribution is 6.11. The zero-order valence-corrected chi connectivity index (χ0v) is 13.2. The lowest BCUT2D eigenvalue weighted by molar-refractivity contribution is 0.100. The van der Waals surface area contributed by atoms with Gasteiger partial charge in [0.05, 0.1) is 5.52 Å². The molecule has 3 aromatic rings. The van der Waals surface area contributed by atoms with Crippen LogP contribution in [0, 0.1) is 0 Å². The summed E-state index contributed by atoms with van der Waals surface area (Å²) >= 11 is 0. The van der Waals surface area contributed by atoms with Crippen molar-refractivity contribution in [1.82, 2.24) is 9.88 Å². The Labute approximate surface area is 139 Å². The van der Waals surface area contributed by atoms with Crippen LogP contribution in [-0.4, -0.2) is 29.5 Å². The molecule has 0 unspecified atom stereocenters. The number of benzene rings is 2. The molecule has 5 N–H and O–H groups in total. The summed E-state index contributed by atoms with van der Waals surface area (Å²) in [4.78, 5) is 15.8. The number of carbonyl (C=O) groups is 1. The minimum Gasteiger partial charge on any atom is -0.370 e. The molecular weight excluding hydrogens is 302 g/mol. The van der Waals surface area contributed by atoms with Crippen LogP contribution in [0.5, 0.6) is 0 Å². The first-order valence-electron chi connectivity index (χ1n) is 8.02. The van der Waals surface area contributed by atoms with E-state index in [1.54, 1.807) is 6.07 Å². The highest BCUT2D eigenvalue weighted by Crippen LogP contribution is 2.34. The number of nitrogens with two attached hydrogens (primary N) is 2. The molecule has 0 bridgehead atoms. The van der Waals surface area contributed by atoms with E-state index in [1.807, 2.05) is 24.3 Å². The Morgan fingerprint density at radius 2 is 1.92 bits per heavy atom. The van der Waals surface area contributed by atoms with Crippen molar-refractivity contribution in [2.75, 3.05) is 13.1 Å². The van der Waals surface area contributed by atoms with Crippen LogP contribution in [0.4, 0.5) is 0 Å². The van der Waals surface area contributed by atoms with Gasteiger partial charge in [0.25, 0.3) is 5.91 Å². The molecular formula is C18H19N5O. The number of para-hydroxylation sites is 1. The molecule has 6 heteroatoms. The maximum absolute atomic E-state index is 12.2. The number of hydrogen-bond acceptors (Lipinski definition) is 2. The number of carbonyl (C=O) groups excluding carboxylic acids is 1. The fourth-order valence-corrected chi connectivity index (χ4v) is 3.57. The molecule has 1 aliphatic heterocycles. The number of amides is 1. The number of guanidine groups is 1. The Balaban J connectivity index is 1.97. The summed E-state index contributed by atoms with van der Waals surface area (Å²) in [5, 5.41) is 5.74. The first kappa shape index (κ1) is 14.7. The third kappa shape index (κ3) is 2.32. The molecule has 4 rings (SSSR count). The lowest BCUT2D eigenvalue weighted by Gasteiger charge is -2.15. The SMILES string of the molecule is NC(N)=NC(=O)c1ccc2c3ccccc3n([C@H]3CCNC3)c2c1. The molecule has 1 amide bonds. The van der Waals surface area contributed by atoms with Gasteiger partial charge in [-0.15, -0.1) is 0 Å². The second-order valence-corrected chi connectivity index (χ2v) is 6.11. The summed E-state index contributed by atoms with van der Waals surface area (Å²) in [5.74, 6) is -0.640. The lowest BCUT2D eigenvalue weighted by atomic mass is 10.1. The van der Waals surface area contributed by atoms with E-state index in [9.17, 15) is 4.79 Å². The predicted octanol–water partition coefficient (Wildman–Crippen LogP) is 1.74. The van der Waals surface area contributed by atoms with Crippen LogP contribution < -0.4 is 16.8 Å². The van der Waals surface area contributed by atoms with Crippen LogP contribution in [0.25, 0.3) is 21.8 Å². The molecule has 1 atom stereocenters. The monoisotopic (exact) mass is 321 g/mol. The topological polar surface area (TPSA) is 98.4 Å². The van der Waals surface area contributed by atoms with Crippen LogP contribution in [0.3, 0.4) is 0 Å². The number of rotatable bonds is 2. The number of nitrogens with zero attached hydrogens (tertiary/aromatic N) is 2. The molecule has 0 spiro atoms. The van der Waals surface area contributed by atoms with E-state index in [0.29, 0.717) is 11.6 Å². The van der Waals surface area contributed by atoms with Crippen molar-refractivity contribution in [1.29, 1.82) is 0 Å². The van der Waals surface area contributed by atoms with Crippen molar-refractivity contribution >= 4 is 33.7 Å². The van der Waals surface area contributed by atoms with Gasteiger partial charge in [0.2, 0.25) is 0 Å². The maximum Gasteiger partial charge on any atom is 0.280 e. The van der Waals surface area contributed by atoms with E-state index in [-0.39, 0.29) is 5.96 Å². The third-order valence-corrected chi connectivity index (χ3v) is 4.59. The number of fused-ring (bicyclic) bond motifs is 3. The Bertz CT molecular complexity index is 962. The summed E-state index contributed by atoms with van der Waals surface area (Å²) in [5.41, 5.74) is 13.4. The third-order valence-electron chi connectivity index (χ3n) is 4.59. The van der Waals surface area contributed by atoms with Gasteiger partial charge in [0, 0.05) is 34.4 Å². The van der Waals surface area contributed by atoms with E-state index in [2.05, 4.69) is 27.0 Å². The van der Waals surface area contributed by atoms with Gasteiger partial charge in [-0.1, -0.05) is 24.3 Å². The molecule has 122 valence electrons. The lowest BCUT2D eigenvalue weighted by Crippen LogP contribution is -2.24. The Morgan fingerprint density at radius 3 is 2.67 bits per heavy atom. The normalized spacial score (nSPS) is 17.4. The van der Waals surface area contributed by atoms with Crippen LogP contribution >= 0.6 is 0 Å². The molecule has 0 aliphatic carbocycles. The molecule has 1 fully saturated rings. The number of aliphatic imine (C=N–C) groups is 1. The molecule has 6 nitrogen and oxygen atoms in total. The van der Waals surface area contributed by atoms with E-state index in [0.717, 1.165) is 30.4 Å². The standard InChI is InChI=1S/C18H19N5O/c19-18(20)22-17(24)11-5-6-14-13-3-1-2-4-15(13)23(16(14)9-11)12-7-8-21-10-12/h1-6,9,12,21H,7-8,10H2,(H4,19,20,22,24)/t12-/m0/s1. The zero-order valence-electron chi connectivity index (χ0n) is 13.2. The van der Waals surface area contributed by atoms with E-state index in [1.165, 1.54) is 10.9 Å². The average molecular weight is 321 g/mol. The van der Waals surface area contributed by atoms with Crippen molar-refractivity contribution in [3.05, 3.63) is 48.0 Å². The molecule has 24 heavy (non-hydrogen) atoms. The second kappa shape index (κ2) is 5.65. The molecule has 0 saturated carbocycles. The van der Waals surface area contributed by atoms with Gasteiger partial charge >= 0.3 is 0 Å². The van der Waals surface area contributed by atoms with Crippen molar-refractivity contribution in [2.45, 2.75) is 12.5 Å². The average Bonchev–Trinajstić information content (AvgIpc) is 3.18. The largest absolute Gasteiger partial charge is 0.370 e. The van der Waals surface area contributed by atoms with Gasteiger partial charge in [0.1, 0.15) is 0 Å². The first-order chi connectivity index (χ1) is 11.6. The smallest absolute Gasteiger partial charge is 0.280 e. The quantitative estimate of drug-likeness (QED) is 0.494. The van der Waals surface area contributed by atoms with Crippen molar-refractivity contribution in [3.8, 4) is 0 Å². The van der Waals surface area contributed by atoms with Crippen LogP contribution in [0.2, 0.25) is 0 Å². The zero-order chi connectivity index (χ0) is 16.7. The Hall–Kier alpha value is -2.86. The molecule has 2 heterocycles. The van der Waals surface area contributed by atoms with Crippen molar-refractivity contribution < 1.29 is 4.79 Å². The Morgan fingerprint density at radius 1 is 1.12 bits per heavy atom. The van der Waals surface area contributed by atoms with Crippen molar-refractivity contribution in [3.63, 3.8) is 0 Å². The molecule has 2 aromatic carbocycles. The second-order valence-electron chi connectivity index (χ2n) is 6.11. The van der Waals surface area contributed by atoms with E-state index >= 15 is 0 Å². The van der Waals surface area contributed by atoms with Gasteiger partial charge in [0.15, 0.2) is 5.96 Å². The fraction of sp³-hybridized carbons (Fsp3) is 0.222. The number of nitrogens with one attached hydrogen (secondary N) is 1. The van der Waals surface area contributed by atoms with Crippen LogP contribution in [0.1, 0.15) is 22.8 Å². The van der Waals surface area contributed by atoms with Crippen LogP contribution in [-0.2, 0) is 0 Å². The Kier molecular flexibility index (Phi) is 3.46. The summed E-state index contributed by atoms with van der Waals surface area (Å²) in [7, 11) is 0. The van der Waals surface area contributed by atoms with E-state index in [4.69, 9.17) is 11.5 Å². The fourth-order valence-electron chi connectivity index (χ4n) is 3.57. The number of hydrogen-bond donors (Lipinski definition) is 3. The van der Waals surface area contributed by atoms with Gasteiger partial charge in [-0.25, -0.2) is 0 Å². The maximum atomic E-state index is 12.2. The molecule has 1 aromatic heterocycles. The first-order valence-corrected chi connectivity index (χ1v) is 8.02. The van der Waals surface area contributed by atoms with Crippen LogP contribution in [0.15, 0.2) is 47.5 Å². The summed E-state index contributed by atoms with van der Waals surface area (Å²) in [6.45, 7) is 1.94.